The van der Waals surface area contributed by atoms with Crippen LogP contribution in [0, 0.1) is 0 Å². The summed E-state index contributed by atoms with van der Waals surface area (Å²) in [5.41, 5.74) is 0. The van der Waals surface area contributed by atoms with Crippen LogP contribution in [0.4, 0.5) is 0 Å². The van der Waals surface area contributed by atoms with Crippen LogP contribution in [0.5, 0.6) is 0 Å². The van der Waals surface area contributed by atoms with Crippen LogP contribution < -0.4 is 0 Å². The summed E-state index contributed by atoms with van der Waals surface area (Å²) in [5.74, 6) is -1.48. The first-order valence-corrected chi connectivity index (χ1v) is 5.73. The van der Waals surface area contributed by atoms with E-state index in [4.69, 9.17) is 9.84 Å². The smallest absolute Gasteiger partial charge is 1.00 e. The van der Waals surface area contributed by atoms with E-state index < -0.39 is 11.9 Å². The maximum absolute atomic E-state index is 10.9. The van der Waals surface area contributed by atoms with E-state index >= 15 is 0 Å². The molecule has 0 aliphatic rings. The van der Waals surface area contributed by atoms with Gasteiger partial charge < -0.3 is 12.7 Å². The molecule has 96 valence electrons. The quantitative estimate of drug-likeness (QED) is 0.294. The second-order valence-electron chi connectivity index (χ2n) is 3.60. The molecule has 0 aliphatic heterocycles. The van der Waals surface area contributed by atoms with Gasteiger partial charge in [-0.2, -0.15) is 0 Å². The van der Waals surface area contributed by atoms with E-state index in [2.05, 4.69) is 6.92 Å². The van der Waals surface area contributed by atoms with Crippen LogP contribution in [-0.2, 0) is 14.3 Å². The van der Waals surface area contributed by atoms with Crippen LogP contribution in [0.3, 0.4) is 0 Å². The molecule has 17 heavy (non-hydrogen) atoms. The number of allylic oxidation sites excluding steroid dienone is 1. The van der Waals surface area contributed by atoms with Crippen LogP contribution in [0.1, 0.15) is 54.7 Å². The number of hydrogen-bond acceptors (Lipinski definition) is 3. The molecule has 0 aromatic rings. The van der Waals surface area contributed by atoms with Crippen LogP contribution in [0.25, 0.3) is 0 Å². The van der Waals surface area contributed by atoms with Crippen LogP contribution in [0.2, 0.25) is 0 Å². The number of unbranched alkanes of at least 4 members (excludes halogenated alkanes) is 4. The minimum Gasteiger partial charge on any atom is -1.00 e. The van der Waals surface area contributed by atoms with Crippen molar-refractivity contribution < 1.29 is 22.3 Å². The molecule has 0 bridgehead atoms. The summed E-state index contributed by atoms with van der Waals surface area (Å²) in [7, 11) is 0. The Bertz CT molecular complexity index is 248. The number of rotatable bonds is 9. The maximum Gasteiger partial charge on any atom is 2.00 e. The van der Waals surface area contributed by atoms with Crippen molar-refractivity contribution in [1.29, 1.82) is 0 Å². The molecular formula is C12H22BaO4. The molecule has 5 heteroatoms. The number of carboxylic acids is 1. The number of carbonyl (C=O) groups is 2. The molecule has 0 atom stereocenters. The molecule has 0 radical (unpaired) electrons. The Balaban J connectivity index is -0.000000375. The monoisotopic (exact) mass is 368 g/mol. The van der Waals surface area contributed by atoms with Gasteiger partial charge in [0.15, 0.2) is 0 Å². The van der Waals surface area contributed by atoms with Gasteiger partial charge in [0.25, 0.3) is 0 Å². The molecule has 0 spiro atoms. The fourth-order valence-electron chi connectivity index (χ4n) is 1.15. The predicted molar refractivity (Wildman–Crippen MR) is 68.8 cm³/mol. The molecule has 0 heterocycles. The van der Waals surface area contributed by atoms with Gasteiger partial charge in [0.1, 0.15) is 0 Å². The summed E-state index contributed by atoms with van der Waals surface area (Å²) in [6.07, 6.45) is 8.51. The Morgan fingerprint density at radius 3 is 2.53 bits per heavy atom. The van der Waals surface area contributed by atoms with Gasteiger partial charge in [-0.25, -0.2) is 0 Å². The Hall–Kier alpha value is 0.251. The number of carboxylic acid groups (broad SMARTS) is 1. The van der Waals surface area contributed by atoms with Crippen molar-refractivity contribution in [2.24, 2.45) is 0 Å². The Kier molecular flexibility index (Phi) is 16.5. The molecule has 0 aliphatic carbocycles. The summed E-state index contributed by atoms with van der Waals surface area (Å²) in [5, 5.41) is 8.33. The molecule has 0 rings (SSSR count). The summed E-state index contributed by atoms with van der Waals surface area (Å²) < 4.78 is 4.72. The molecule has 0 aromatic heterocycles. The summed E-state index contributed by atoms with van der Waals surface area (Å²) in [4.78, 5) is 21.1. The van der Waals surface area contributed by atoms with Crippen LogP contribution in [-0.4, -0.2) is 65.9 Å². The van der Waals surface area contributed by atoms with Crippen molar-refractivity contribution in [2.45, 2.75) is 51.9 Å². The number of esters is 1. The number of aliphatic carboxylic acids is 1. The Morgan fingerprint density at radius 1 is 1.24 bits per heavy atom. The molecule has 0 fully saturated rings. The van der Waals surface area contributed by atoms with E-state index in [1.54, 1.807) is 6.08 Å². The number of hydrogen-bond donors (Lipinski definition) is 1. The minimum absolute atomic E-state index is 0. The standard InChI is InChI=1S/C12H20O4.Ba.2H/c1-2-3-4-5-6-7-10-16-12(15)9-8-11(13)14;;;/h7,10H,2-6,8-9H2,1H3,(H,13,14);;;/q;+2;2*-1. The van der Waals surface area contributed by atoms with Crippen molar-refractivity contribution in [3.05, 3.63) is 12.3 Å². The maximum atomic E-state index is 10.9. The van der Waals surface area contributed by atoms with Gasteiger partial charge in [-0.3, -0.25) is 9.59 Å². The SMILES string of the molecule is CCCCCCC=COC(=O)CCC(=O)O.[Ba+2].[H-].[H-]. The van der Waals surface area contributed by atoms with E-state index in [0.29, 0.717) is 0 Å². The van der Waals surface area contributed by atoms with E-state index in [1.165, 1.54) is 25.5 Å². The summed E-state index contributed by atoms with van der Waals surface area (Å²) >= 11 is 0. The van der Waals surface area contributed by atoms with Gasteiger partial charge in [0.2, 0.25) is 0 Å². The molecular weight excluding hydrogens is 345 g/mol. The third-order valence-corrected chi connectivity index (χ3v) is 2.06. The molecule has 0 amide bonds. The normalized spacial score (nSPS) is 9.94. The van der Waals surface area contributed by atoms with E-state index in [1.807, 2.05) is 0 Å². The van der Waals surface area contributed by atoms with E-state index in [0.717, 1.165) is 12.8 Å². The molecule has 0 saturated heterocycles. The number of ether oxygens (including phenoxy) is 1. The Morgan fingerprint density at radius 2 is 1.94 bits per heavy atom. The van der Waals surface area contributed by atoms with Gasteiger partial charge >= 0.3 is 60.8 Å². The van der Waals surface area contributed by atoms with Crippen molar-refractivity contribution in [2.75, 3.05) is 0 Å². The van der Waals surface area contributed by atoms with Crippen molar-refractivity contribution in [3.63, 3.8) is 0 Å². The van der Waals surface area contributed by atoms with E-state index in [9.17, 15) is 9.59 Å². The third kappa shape index (κ3) is 16.3. The van der Waals surface area contributed by atoms with Gasteiger partial charge in [-0.05, 0) is 18.9 Å². The first-order chi connectivity index (χ1) is 7.66. The fraction of sp³-hybridized carbons (Fsp3) is 0.667. The zero-order valence-corrected chi connectivity index (χ0v) is 14.9. The molecule has 0 aromatic carbocycles. The minimum atomic E-state index is -0.986. The zero-order valence-electron chi connectivity index (χ0n) is 12.5. The zero-order chi connectivity index (χ0) is 12.2. The van der Waals surface area contributed by atoms with Gasteiger partial charge in [0.05, 0.1) is 19.1 Å². The molecule has 0 unspecified atom stereocenters. The number of carbonyl (C=O) groups excluding carboxylic acids is 1. The predicted octanol–water partition coefficient (Wildman–Crippen LogP) is 2.72. The topological polar surface area (TPSA) is 63.6 Å². The Labute approximate surface area is 146 Å². The van der Waals surface area contributed by atoms with Gasteiger partial charge in [-0.1, -0.05) is 26.2 Å². The second-order valence-corrected chi connectivity index (χ2v) is 3.60. The van der Waals surface area contributed by atoms with E-state index in [-0.39, 0.29) is 64.6 Å². The largest absolute Gasteiger partial charge is 2.00 e. The fourth-order valence-corrected chi connectivity index (χ4v) is 1.15. The van der Waals surface area contributed by atoms with Crippen LogP contribution in [0.15, 0.2) is 12.3 Å². The molecule has 4 nitrogen and oxygen atoms in total. The van der Waals surface area contributed by atoms with Crippen molar-refractivity contribution in [1.82, 2.24) is 0 Å². The first kappa shape index (κ1) is 19.6. The van der Waals surface area contributed by atoms with Gasteiger partial charge in [0, 0.05) is 0 Å². The first-order valence-electron chi connectivity index (χ1n) is 5.73. The molecule has 0 saturated carbocycles. The van der Waals surface area contributed by atoms with Gasteiger partial charge in [-0.15, -0.1) is 0 Å². The summed E-state index contributed by atoms with van der Waals surface area (Å²) in [6, 6.07) is 0. The van der Waals surface area contributed by atoms with Crippen molar-refractivity contribution >= 4 is 60.8 Å². The van der Waals surface area contributed by atoms with Crippen molar-refractivity contribution in [3.8, 4) is 0 Å². The summed E-state index contributed by atoms with van der Waals surface area (Å²) in [6.45, 7) is 2.15. The molecule has 1 N–H and O–H groups in total. The average Bonchev–Trinajstić information content (AvgIpc) is 2.25. The third-order valence-electron chi connectivity index (χ3n) is 2.06. The average molecular weight is 368 g/mol. The second kappa shape index (κ2) is 14.3. The van der Waals surface area contributed by atoms with Crippen LogP contribution >= 0.6 is 0 Å².